The van der Waals surface area contributed by atoms with E-state index in [0.717, 1.165) is 16.2 Å². The zero-order valence-corrected chi connectivity index (χ0v) is 16.9. The fraction of sp³-hybridized carbons (Fsp3) is 0.0556. The van der Waals surface area contributed by atoms with Crippen molar-refractivity contribution in [1.29, 1.82) is 0 Å². The lowest BCUT2D eigenvalue weighted by atomic mass is 10.2. The Morgan fingerprint density at radius 2 is 2.04 bits per heavy atom. The Morgan fingerprint density at radius 1 is 1.30 bits per heavy atom. The van der Waals surface area contributed by atoms with Gasteiger partial charge in [-0.2, -0.15) is 4.99 Å². The number of hydrogen-bond donors (Lipinski definition) is 2. The maximum Gasteiger partial charge on any atom is 0.286 e. The first kappa shape index (κ1) is 19.5. The van der Waals surface area contributed by atoms with Crippen LogP contribution in [0.15, 0.2) is 56.8 Å². The molecule has 2 aromatic rings. The third-order valence-corrected chi connectivity index (χ3v) is 4.94. The first-order chi connectivity index (χ1) is 12.9. The summed E-state index contributed by atoms with van der Waals surface area (Å²) in [6.07, 6.45) is 1.63. The molecule has 27 heavy (non-hydrogen) atoms. The number of nitrogens with two attached hydrogens (primary N) is 1. The molecule has 0 unspecified atom stereocenters. The van der Waals surface area contributed by atoms with Gasteiger partial charge >= 0.3 is 0 Å². The number of aliphatic imine (C=N–C) groups is 1. The van der Waals surface area contributed by atoms with E-state index in [0.29, 0.717) is 26.9 Å². The highest BCUT2D eigenvalue weighted by Crippen LogP contribution is 2.31. The van der Waals surface area contributed by atoms with Crippen molar-refractivity contribution < 1.29 is 14.3 Å². The molecular weight excluding hydrogens is 454 g/mol. The van der Waals surface area contributed by atoms with E-state index in [1.165, 1.54) is 0 Å². The van der Waals surface area contributed by atoms with Gasteiger partial charge in [-0.3, -0.25) is 9.59 Å². The molecule has 0 atom stereocenters. The van der Waals surface area contributed by atoms with Crippen molar-refractivity contribution in [3.8, 4) is 5.75 Å². The standard InChI is InChI=1S/C18H13BrClN3O3S/c19-11-1-6-14(10(7-11)8-15-17(25)23-18(21)27-15)26-9-16(24)22-13-4-2-12(20)3-5-13/h1-8H,9H2,(H,22,24)(H2,21,23,25). The molecule has 3 rings (SSSR count). The molecular formula is C18H13BrClN3O3S. The summed E-state index contributed by atoms with van der Waals surface area (Å²) in [4.78, 5) is 28.0. The van der Waals surface area contributed by atoms with Crippen LogP contribution in [0, 0.1) is 0 Å². The SMILES string of the molecule is NC1=NC(=O)C(=Cc2cc(Br)ccc2OCC(=O)Nc2ccc(Cl)cc2)S1. The predicted molar refractivity (Wildman–Crippen MR) is 112 cm³/mol. The summed E-state index contributed by atoms with van der Waals surface area (Å²) >= 11 is 10.3. The number of carbonyl (C=O) groups is 2. The van der Waals surface area contributed by atoms with E-state index >= 15 is 0 Å². The van der Waals surface area contributed by atoms with Crippen LogP contribution in [0.2, 0.25) is 5.02 Å². The summed E-state index contributed by atoms with van der Waals surface area (Å²) in [5.74, 6) is -0.266. The van der Waals surface area contributed by atoms with Gasteiger partial charge in [0.2, 0.25) is 0 Å². The number of thioether (sulfide) groups is 1. The molecule has 1 aliphatic rings. The molecule has 3 N–H and O–H groups in total. The van der Waals surface area contributed by atoms with E-state index in [2.05, 4.69) is 26.2 Å². The number of anilines is 1. The number of rotatable bonds is 5. The lowest BCUT2D eigenvalue weighted by molar-refractivity contribution is -0.118. The molecule has 9 heteroatoms. The van der Waals surface area contributed by atoms with Crippen LogP contribution in [0.5, 0.6) is 5.75 Å². The van der Waals surface area contributed by atoms with Gasteiger partial charge in [0, 0.05) is 20.7 Å². The van der Waals surface area contributed by atoms with E-state index in [-0.39, 0.29) is 17.7 Å². The molecule has 2 amide bonds. The molecule has 138 valence electrons. The van der Waals surface area contributed by atoms with Crippen LogP contribution in [0.4, 0.5) is 5.69 Å². The zero-order chi connectivity index (χ0) is 19.4. The Balaban J connectivity index is 1.70. The molecule has 0 saturated heterocycles. The Kier molecular flexibility index (Phi) is 6.20. The number of ether oxygens (including phenoxy) is 1. The third kappa shape index (κ3) is 5.35. The second-order valence-electron chi connectivity index (χ2n) is 5.39. The summed E-state index contributed by atoms with van der Waals surface area (Å²) in [6, 6.07) is 12.0. The minimum Gasteiger partial charge on any atom is -0.483 e. The molecule has 0 bridgehead atoms. The molecule has 0 radical (unpaired) electrons. The van der Waals surface area contributed by atoms with Gasteiger partial charge in [-0.05, 0) is 60.3 Å². The summed E-state index contributed by atoms with van der Waals surface area (Å²) in [7, 11) is 0. The van der Waals surface area contributed by atoms with Crippen molar-refractivity contribution in [3.63, 3.8) is 0 Å². The summed E-state index contributed by atoms with van der Waals surface area (Å²) in [6.45, 7) is -0.194. The molecule has 0 fully saturated rings. The topological polar surface area (TPSA) is 93.8 Å². The molecule has 0 spiro atoms. The van der Waals surface area contributed by atoms with Gasteiger partial charge in [-0.25, -0.2) is 0 Å². The van der Waals surface area contributed by atoms with Crippen molar-refractivity contribution in [3.05, 3.63) is 62.4 Å². The first-order valence-corrected chi connectivity index (χ1v) is 9.65. The monoisotopic (exact) mass is 465 g/mol. The first-order valence-electron chi connectivity index (χ1n) is 7.66. The minimum absolute atomic E-state index is 0.194. The zero-order valence-electron chi connectivity index (χ0n) is 13.7. The van der Waals surface area contributed by atoms with Gasteiger partial charge in [-0.15, -0.1) is 0 Å². The average molecular weight is 467 g/mol. The van der Waals surface area contributed by atoms with Crippen LogP contribution in [0.3, 0.4) is 0 Å². The number of nitrogens with zero attached hydrogens (tertiary/aromatic N) is 1. The highest BCUT2D eigenvalue weighted by atomic mass is 79.9. The smallest absolute Gasteiger partial charge is 0.286 e. The van der Waals surface area contributed by atoms with E-state index in [9.17, 15) is 9.59 Å². The van der Waals surface area contributed by atoms with Gasteiger partial charge in [0.25, 0.3) is 11.8 Å². The molecule has 1 heterocycles. The van der Waals surface area contributed by atoms with Crippen LogP contribution >= 0.6 is 39.3 Å². The van der Waals surface area contributed by atoms with Gasteiger partial charge < -0.3 is 15.8 Å². The maximum absolute atomic E-state index is 12.1. The third-order valence-electron chi connectivity index (χ3n) is 3.38. The number of amidine groups is 1. The number of hydrogen-bond acceptors (Lipinski definition) is 5. The summed E-state index contributed by atoms with van der Waals surface area (Å²) in [5, 5.41) is 3.50. The number of amides is 2. The predicted octanol–water partition coefficient (Wildman–Crippen LogP) is 4.05. The number of carbonyl (C=O) groups excluding carboxylic acids is 2. The highest BCUT2D eigenvalue weighted by molar-refractivity contribution is 9.10. The minimum atomic E-state index is -0.399. The molecule has 1 aliphatic heterocycles. The summed E-state index contributed by atoms with van der Waals surface area (Å²) < 4.78 is 6.43. The molecule has 0 aliphatic carbocycles. The lowest BCUT2D eigenvalue weighted by Crippen LogP contribution is -2.20. The second kappa shape index (κ2) is 8.60. The largest absolute Gasteiger partial charge is 0.483 e. The molecule has 2 aromatic carbocycles. The van der Waals surface area contributed by atoms with Gasteiger partial charge in [-0.1, -0.05) is 27.5 Å². The van der Waals surface area contributed by atoms with Gasteiger partial charge in [0.05, 0.1) is 4.91 Å². The van der Waals surface area contributed by atoms with Crippen molar-refractivity contribution in [1.82, 2.24) is 0 Å². The van der Waals surface area contributed by atoms with E-state index in [1.807, 2.05) is 0 Å². The summed E-state index contributed by atoms with van der Waals surface area (Å²) in [5.41, 5.74) is 6.81. The number of halogens is 2. The van der Waals surface area contributed by atoms with Crippen molar-refractivity contribution >= 4 is 68.0 Å². The van der Waals surface area contributed by atoms with Gasteiger partial charge in [0.1, 0.15) is 5.75 Å². The lowest BCUT2D eigenvalue weighted by Gasteiger charge is -2.11. The van der Waals surface area contributed by atoms with E-state index in [4.69, 9.17) is 22.1 Å². The Labute approximate surface area is 172 Å². The second-order valence-corrected chi connectivity index (χ2v) is 7.81. The highest BCUT2D eigenvalue weighted by Gasteiger charge is 2.20. The van der Waals surface area contributed by atoms with Crippen LogP contribution in [-0.4, -0.2) is 23.6 Å². The number of benzene rings is 2. The fourth-order valence-electron chi connectivity index (χ4n) is 2.20. The Bertz CT molecular complexity index is 961. The van der Waals surface area contributed by atoms with Crippen molar-refractivity contribution in [2.75, 3.05) is 11.9 Å². The molecule has 0 saturated carbocycles. The Hall–Kier alpha value is -2.29. The van der Waals surface area contributed by atoms with Crippen molar-refractivity contribution in [2.24, 2.45) is 10.7 Å². The van der Waals surface area contributed by atoms with Crippen LogP contribution < -0.4 is 15.8 Å². The van der Waals surface area contributed by atoms with Gasteiger partial charge in [0.15, 0.2) is 11.8 Å². The fourth-order valence-corrected chi connectivity index (χ4v) is 3.38. The van der Waals surface area contributed by atoms with E-state index < -0.39 is 5.91 Å². The van der Waals surface area contributed by atoms with Crippen LogP contribution in [0.1, 0.15) is 5.56 Å². The van der Waals surface area contributed by atoms with Crippen molar-refractivity contribution in [2.45, 2.75) is 0 Å². The van der Waals surface area contributed by atoms with Crippen LogP contribution in [-0.2, 0) is 9.59 Å². The quantitative estimate of drug-likeness (QED) is 0.648. The average Bonchev–Trinajstić information content (AvgIpc) is 2.93. The molecule has 6 nitrogen and oxygen atoms in total. The number of nitrogens with one attached hydrogen (secondary N) is 1. The van der Waals surface area contributed by atoms with Crippen LogP contribution in [0.25, 0.3) is 6.08 Å². The van der Waals surface area contributed by atoms with E-state index in [1.54, 1.807) is 48.5 Å². The normalized spacial score (nSPS) is 15.0. The maximum atomic E-state index is 12.1. The molecule has 0 aromatic heterocycles. The Morgan fingerprint density at radius 3 is 2.70 bits per heavy atom.